The van der Waals surface area contributed by atoms with Crippen molar-refractivity contribution < 1.29 is 19.6 Å². The molecule has 0 aromatic heterocycles. The number of rotatable bonds is 4. The molecular formula is C18H19N3O4. The van der Waals surface area contributed by atoms with Crippen LogP contribution in [0.15, 0.2) is 60.2 Å². The van der Waals surface area contributed by atoms with E-state index < -0.39 is 17.8 Å². The Hall–Kier alpha value is -3.19. The lowest BCUT2D eigenvalue weighted by atomic mass is 10.1. The number of hydroxylamine groups is 1. The molecule has 0 fully saturated rings. The molecule has 0 saturated carbocycles. The molecule has 1 aliphatic carbocycles. The molecule has 0 unspecified atom stereocenters. The summed E-state index contributed by atoms with van der Waals surface area (Å²) in [6, 6.07) is 5.90. The highest BCUT2D eigenvalue weighted by atomic mass is 16.5. The number of imide groups is 1. The van der Waals surface area contributed by atoms with E-state index in [1.165, 1.54) is 0 Å². The van der Waals surface area contributed by atoms with Crippen molar-refractivity contribution in [2.24, 2.45) is 0 Å². The number of allylic oxidation sites excluding steroid dienone is 5. The molecule has 0 aliphatic heterocycles. The second kappa shape index (κ2) is 9.19. The third-order valence-corrected chi connectivity index (χ3v) is 3.41. The number of amides is 4. The van der Waals surface area contributed by atoms with Crippen LogP contribution in [-0.4, -0.2) is 23.1 Å². The van der Waals surface area contributed by atoms with Crippen molar-refractivity contribution in [3.63, 3.8) is 0 Å². The monoisotopic (exact) mass is 341 g/mol. The lowest BCUT2D eigenvalue weighted by Gasteiger charge is -2.10. The SMILES string of the molecule is O=C(Cc1cccc(NC(=O)NC(=O)/C2=C/C/C=C\C=C/C2)c1)NO. The molecule has 4 amide bonds. The highest BCUT2D eigenvalue weighted by molar-refractivity contribution is 6.07. The third kappa shape index (κ3) is 6.08. The molecule has 0 atom stereocenters. The third-order valence-electron chi connectivity index (χ3n) is 3.41. The molecule has 1 aromatic carbocycles. The van der Waals surface area contributed by atoms with Crippen LogP contribution in [0.4, 0.5) is 10.5 Å². The van der Waals surface area contributed by atoms with Gasteiger partial charge >= 0.3 is 6.03 Å². The van der Waals surface area contributed by atoms with Gasteiger partial charge < -0.3 is 5.32 Å². The van der Waals surface area contributed by atoms with Gasteiger partial charge in [0.1, 0.15) is 0 Å². The Morgan fingerprint density at radius 1 is 1.12 bits per heavy atom. The Balaban J connectivity index is 1.94. The zero-order valence-corrected chi connectivity index (χ0v) is 13.5. The van der Waals surface area contributed by atoms with Gasteiger partial charge in [0.05, 0.1) is 6.42 Å². The van der Waals surface area contributed by atoms with E-state index in [4.69, 9.17) is 5.21 Å². The number of nitrogens with one attached hydrogen (secondary N) is 3. The van der Waals surface area contributed by atoms with E-state index in [0.717, 1.165) is 0 Å². The maximum atomic E-state index is 12.1. The summed E-state index contributed by atoms with van der Waals surface area (Å²) in [4.78, 5) is 35.3. The fraction of sp³-hybridized carbons (Fsp3) is 0.167. The first-order valence-corrected chi connectivity index (χ1v) is 7.73. The lowest BCUT2D eigenvalue weighted by Crippen LogP contribution is -2.35. The normalized spacial score (nSPS) is 17.9. The Bertz CT molecular complexity index is 750. The quantitative estimate of drug-likeness (QED) is 0.497. The van der Waals surface area contributed by atoms with E-state index in [2.05, 4.69) is 10.6 Å². The van der Waals surface area contributed by atoms with E-state index in [0.29, 0.717) is 29.7 Å². The van der Waals surface area contributed by atoms with Gasteiger partial charge in [-0.05, 0) is 30.5 Å². The highest BCUT2D eigenvalue weighted by Crippen LogP contribution is 2.12. The summed E-state index contributed by atoms with van der Waals surface area (Å²) in [5.41, 5.74) is 3.10. The minimum atomic E-state index is -0.656. The van der Waals surface area contributed by atoms with Crippen molar-refractivity contribution in [1.29, 1.82) is 0 Å². The van der Waals surface area contributed by atoms with Crippen LogP contribution < -0.4 is 16.1 Å². The molecule has 0 saturated heterocycles. The number of carbonyl (C=O) groups excluding carboxylic acids is 3. The van der Waals surface area contributed by atoms with Crippen LogP contribution in [0, 0.1) is 0 Å². The number of hydrogen-bond acceptors (Lipinski definition) is 4. The fourth-order valence-electron chi connectivity index (χ4n) is 2.24. The Morgan fingerprint density at radius 2 is 1.92 bits per heavy atom. The molecule has 2 rings (SSSR count). The summed E-state index contributed by atoms with van der Waals surface area (Å²) in [5.74, 6) is -1.01. The topological polar surface area (TPSA) is 108 Å². The number of hydrogen-bond donors (Lipinski definition) is 4. The molecule has 25 heavy (non-hydrogen) atoms. The number of benzene rings is 1. The maximum Gasteiger partial charge on any atom is 0.326 e. The molecule has 0 spiro atoms. The van der Waals surface area contributed by atoms with Crippen LogP contribution in [0.1, 0.15) is 18.4 Å². The van der Waals surface area contributed by atoms with Gasteiger partial charge in [-0.1, -0.05) is 42.5 Å². The highest BCUT2D eigenvalue weighted by Gasteiger charge is 2.12. The number of urea groups is 1. The number of anilines is 1. The van der Waals surface area contributed by atoms with Crippen LogP contribution >= 0.6 is 0 Å². The van der Waals surface area contributed by atoms with Crippen molar-refractivity contribution in [3.8, 4) is 0 Å². The van der Waals surface area contributed by atoms with Crippen molar-refractivity contribution in [2.75, 3.05) is 5.32 Å². The molecule has 130 valence electrons. The van der Waals surface area contributed by atoms with Gasteiger partial charge in [-0.3, -0.25) is 20.1 Å². The van der Waals surface area contributed by atoms with Crippen LogP contribution in [0.5, 0.6) is 0 Å². The maximum absolute atomic E-state index is 12.1. The first-order valence-electron chi connectivity index (χ1n) is 7.73. The zero-order chi connectivity index (χ0) is 18.1. The Morgan fingerprint density at radius 3 is 2.72 bits per heavy atom. The van der Waals surface area contributed by atoms with Crippen molar-refractivity contribution >= 4 is 23.5 Å². The molecule has 1 aliphatic rings. The summed E-state index contributed by atoms with van der Waals surface area (Å²) in [6.07, 6.45) is 10.3. The Labute approximate surface area is 145 Å². The molecule has 0 bridgehead atoms. The molecular weight excluding hydrogens is 322 g/mol. The van der Waals surface area contributed by atoms with Gasteiger partial charge in [0.25, 0.3) is 5.91 Å². The molecule has 7 heteroatoms. The molecule has 0 heterocycles. The molecule has 0 radical (unpaired) electrons. The fourth-order valence-corrected chi connectivity index (χ4v) is 2.24. The van der Waals surface area contributed by atoms with Crippen molar-refractivity contribution in [3.05, 3.63) is 65.8 Å². The van der Waals surface area contributed by atoms with Gasteiger partial charge in [0.15, 0.2) is 0 Å². The molecule has 1 aromatic rings. The summed E-state index contributed by atoms with van der Waals surface area (Å²) in [6.45, 7) is 0. The summed E-state index contributed by atoms with van der Waals surface area (Å²) in [5, 5.41) is 13.4. The standard InChI is InChI=1S/C18H19N3O4/c22-16(21-25)12-13-7-6-10-15(11-13)19-18(24)20-17(23)14-8-4-2-1-3-5-9-14/h1-4,6-7,9-11,25H,5,8,12H2,(H,21,22)(H2,19,20,23,24)/b3-1-,4-2-,14-9+. The second-order valence-electron chi connectivity index (χ2n) is 5.35. The predicted molar refractivity (Wildman–Crippen MR) is 92.8 cm³/mol. The average molecular weight is 341 g/mol. The van der Waals surface area contributed by atoms with Crippen LogP contribution in [0.2, 0.25) is 0 Å². The van der Waals surface area contributed by atoms with E-state index >= 15 is 0 Å². The van der Waals surface area contributed by atoms with E-state index in [-0.39, 0.29) is 6.42 Å². The van der Waals surface area contributed by atoms with Crippen molar-refractivity contribution in [2.45, 2.75) is 19.3 Å². The first-order chi connectivity index (χ1) is 12.1. The van der Waals surface area contributed by atoms with Gasteiger partial charge in [0, 0.05) is 11.3 Å². The zero-order valence-electron chi connectivity index (χ0n) is 13.5. The van der Waals surface area contributed by atoms with Gasteiger partial charge in [-0.2, -0.15) is 0 Å². The van der Waals surface area contributed by atoms with Gasteiger partial charge in [-0.25, -0.2) is 10.3 Å². The average Bonchev–Trinajstić information content (AvgIpc) is 2.54. The van der Waals surface area contributed by atoms with E-state index in [1.54, 1.807) is 35.8 Å². The second-order valence-corrected chi connectivity index (χ2v) is 5.35. The predicted octanol–water partition coefficient (Wildman–Crippen LogP) is 2.22. The van der Waals surface area contributed by atoms with E-state index in [1.807, 2.05) is 24.3 Å². The minimum absolute atomic E-state index is 0.0285. The molecule has 4 N–H and O–H groups in total. The van der Waals surface area contributed by atoms with Gasteiger partial charge in [-0.15, -0.1) is 0 Å². The van der Waals surface area contributed by atoms with Crippen molar-refractivity contribution in [1.82, 2.24) is 10.8 Å². The van der Waals surface area contributed by atoms with Crippen LogP contribution in [0.3, 0.4) is 0 Å². The smallest absolute Gasteiger partial charge is 0.308 e. The van der Waals surface area contributed by atoms with E-state index in [9.17, 15) is 14.4 Å². The lowest BCUT2D eigenvalue weighted by molar-refractivity contribution is -0.128. The summed E-state index contributed by atoms with van der Waals surface area (Å²) in [7, 11) is 0. The summed E-state index contributed by atoms with van der Waals surface area (Å²) < 4.78 is 0. The first kappa shape index (κ1) is 18.2. The van der Waals surface area contributed by atoms with Crippen LogP contribution in [-0.2, 0) is 16.0 Å². The number of carbonyl (C=O) groups is 3. The molecule has 7 nitrogen and oxygen atoms in total. The largest absolute Gasteiger partial charge is 0.326 e. The minimum Gasteiger partial charge on any atom is -0.308 e. The van der Waals surface area contributed by atoms with Crippen LogP contribution in [0.25, 0.3) is 0 Å². The summed E-state index contributed by atoms with van der Waals surface area (Å²) >= 11 is 0. The Kier molecular flexibility index (Phi) is 6.67. The van der Waals surface area contributed by atoms with Gasteiger partial charge in [0.2, 0.25) is 5.91 Å².